The van der Waals surface area contributed by atoms with Gasteiger partial charge in [0.15, 0.2) is 17.4 Å². The number of aryl methyl sites for hydroxylation is 1. The third kappa shape index (κ3) is 4.01. The zero-order valence-electron chi connectivity index (χ0n) is 19.0. The van der Waals surface area contributed by atoms with Crippen molar-refractivity contribution in [3.8, 4) is 17.1 Å². The van der Waals surface area contributed by atoms with Crippen LogP contribution in [-0.4, -0.2) is 26.9 Å². The molecule has 1 atom stereocenters. The van der Waals surface area contributed by atoms with E-state index in [2.05, 4.69) is 10.1 Å². The Balaban J connectivity index is 1.78. The van der Waals surface area contributed by atoms with Crippen molar-refractivity contribution in [2.45, 2.75) is 5.92 Å². The highest BCUT2D eigenvalue weighted by atomic mass is 19.1. The van der Waals surface area contributed by atoms with Crippen LogP contribution >= 0.6 is 0 Å². The van der Waals surface area contributed by atoms with Crippen molar-refractivity contribution >= 4 is 22.3 Å². The number of benzene rings is 3. The van der Waals surface area contributed by atoms with Crippen molar-refractivity contribution in [1.29, 1.82) is 0 Å². The summed E-state index contributed by atoms with van der Waals surface area (Å²) >= 11 is 0. The van der Waals surface area contributed by atoms with Crippen LogP contribution in [0.1, 0.15) is 23.0 Å². The number of halogens is 2. The van der Waals surface area contributed by atoms with E-state index in [1.165, 1.54) is 13.2 Å². The summed E-state index contributed by atoms with van der Waals surface area (Å²) in [6.45, 7) is 0. The van der Waals surface area contributed by atoms with E-state index < -0.39 is 17.6 Å². The maximum Gasteiger partial charge on any atom is 0.181 e. The number of nitrogen functional groups attached to an aromatic ring is 2. The van der Waals surface area contributed by atoms with E-state index in [0.717, 1.165) is 17.0 Å². The SMILES string of the molecule is COc1cc(C(c2cc3cc(N)ccc3c(N)n2)c2nc(-c3ccccc3)nn2C)c(F)cc1F. The van der Waals surface area contributed by atoms with Crippen LogP contribution in [0.3, 0.4) is 0 Å². The standard InChI is InChI=1S/C26H22F2N6O/c1-34-26(32-25(33-34)14-6-4-3-5-7-14)23(18-12-22(35-2)20(28)13-19(18)27)21-11-15-10-16(29)8-9-17(15)24(30)31-21/h3-13,23H,29H2,1-2H3,(H2,30,31). The number of ether oxygens (including phenoxy) is 1. The minimum Gasteiger partial charge on any atom is -0.494 e. The number of pyridine rings is 1. The van der Waals surface area contributed by atoms with Crippen molar-refractivity contribution in [3.05, 3.63) is 95.4 Å². The predicted molar refractivity (Wildman–Crippen MR) is 131 cm³/mol. The molecule has 9 heteroatoms. The molecule has 176 valence electrons. The molecule has 0 saturated carbocycles. The monoisotopic (exact) mass is 472 g/mol. The Morgan fingerprint density at radius 3 is 2.43 bits per heavy atom. The van der Waals surface area contributed by atoms with Crippen LogP contribution in [0.25, 0.3) is 22.2 Å². The number of aromatic nitrogens is 4. The third-order valence-corrected chi connectivity index (χ3v) is 5.87. The average molecular weight is 472 g/mol. The number of hydrogen-bond donors (Lipinski definition) is 2. The summed E-state index contributed by atoms with van der Waals surface area (Å²) < 4.78 is 36.3. The Kier molecular flexibility index (Phi) is 5.52. The molecular formula is C26H22F2N6O. The first kappa shape index (κ1) is 22.3. The maximum atomic E-state index is 15.3. The second kappa shape index (κ2) is 8.68. The molecule has 35 heavy (non-hydrogen) atoms. The van der Waals surface area contributed by atoms with Gasteiger partial charge in [-0.05, 0) is 35.7 Å². The first-order chi connectivity index (χ1) is 16.9. The molecule has 5 aromatic rings. The van der Waals surface area contributed by atoms with Crippen LogP contribution < -0.4 is 16.2 Å². The van der Waals surface area contributed by atoms with Gasteiger partial charge in [0.2, 0.25) is 0 Å². The van der Waals surface area contributed by atoms with E-state index in [0.29, 0.717) is 28.4 Å². The Morgan fingerprint density at radius 2 is 1.69 bits per heavy atom. The largest absolute Gasteiger partial charge is 0.494 e. The predicted octanol–water partition coefficient (Wildman–Crippen LogP) is 4.66. The second-order valence-electron chi connectivity index (χ2n) is 8.14. The van der Waals surface area contributed by atoms with E-state index in [1.807, 2.05) is 30.3 Å². The zero-order valence-corrected chi connectivity index (χ0v) is 19.0. The molecule has 0 bridgehead atoms. The number of nitrogens with two attached hydrogens (primary N) is 2. The zero-order chi connectivity index (χ0) is 24.7. The van der Waals surface area contributed by atoms with Crippen molar-refractivity contribution < 1.29 is 13.5 Å². The van der Waals surface area contributed by atoms with E-state index in [9.17, 15) is 4.39 Å². The number of methoxy groups -OCH3 is 1. The fraction of sp³-hybridized carbons (Fsp3) is 0.115. The second-order valence-corrected chi connectivity index (χ2v) is 8.14. The molecule has 4 N–H and O–H groups in total. The minimum absolute atomic E-state index is 0.102. The molecule has 5 rings (SSSR count). The summed E-state index contributed by atoms with van der Waals surface area (Å²) in [6, 6.07) is 18.6. The highest BCUT2D eigenvalue weighted by Crippen LogP contribution is 2.37. The summed E-state index contributed by atoms with van der Waals surface area (Å²) in [6.07, 6.45) is 0. The molecule has 1 unspecified atom stereocenters. The molecule has 0 spiro atoms. The molecule has 0 amide bonds. The molecule has 2 heterocycles. The molecule has 0 aliphatic rings. The van der Waals surface area contributed by atoms with Gasteiger partial charge in [-0.1, -0.05) is 30.3 Å². The van der Waals surface area contributed by atoms with E-state index in [1.54, 1.807) is 36.0 Å². The van der Waals surface area contributed by atoms with Gasteiger partial charge in [-0.25, -0.2) is 18.7 Å². The lowest BCUT2D eigenvalue weighted by molar-refractivity contribution is 0.382. The van der Waals surface area contributed by atoms with Crippen molar-refractivity contribution in [2.24, 2.45) is 7.05 Å². The summed E-state index contributed by atoms with van der Waals surface area (Å²) in [5.41, 5.74) is 14.1. The lowest BCUT2D eigenvalue weighted by atomic mass is 9.92. The van der Waals surface area contributed by atoms with E-state index >= 15 is 4.39 Å². The van der Waals surface area contributed by atoms with Gasteiger partial charge in [-0.2, -0.15) is 5.10 Å². The topological polar surface area (TPSA) is 105 Å². The summed E-state index contributed by atoms with van der Waals surface area (Å²) in [5.74, 6) is -1.45. The lowest BCUT2D eigenvalue weighted by Crippen LogP contribution is -2.15. The van der Waals surface area contributed by atoms with Gasteiger partial charge in [0.25, 0.3) is 0 Å². The van der Waals surface area contributed by atoms with Crippen molar-refractivity contribution in [3.63, 3.8) is 0 Å². The van der Waals surface area contributed by atoms with Crippen molar-refractivity contribution in [2.75, 3.05) is 18.6 Å². The number of anilines is 2. The fourth-order valence-corrected chi connectivity index (χ4v) is 4.18. The normalized spacial score (nSPS) is 12.1. The highest BCUT2D eigenvalue weighted by molar-refractivity contribution is 5.93. The van der Waals surface area contributed by atoms with Gasteiger partial charge < -0.3 is 16.2 Å². The van der Waals surface area contributed by atoms with Gasteiger partial charge in [-0.15, -0.1) is 0 Å². The molecule has 0 aliphatic carbocycles. The van der Waals surface area contributed by atoms with E-state index in [-0.39, 0.29) is 17.1 Å². The molecule has 3 aromatic carbocycles. The van der Waals surface area contributed by atoms with E-state index in [4.69, 9.17) is 21.2 Å². The maximum absolute atomic E-state index is 15.3. The molecule has 0 fully saturated rings. The Labute approximate surface area is 200 Å². The Morgan fingerprint density at radius 1 is 0.914 bits per heavy atom. The Hall–Kier alpha value is -4.53. The highest BCUT2D eigenvalue weighted by Gasteiger charge is 2.29. The molecule has 0 aliphatic heterocycles. The summed E-state index contributed by atoms with van der Waals surface area (Å²) in [5, 5.41) is 5.98. The van der Waals surface area contributed by atoms with Crippen LogP contribution in [0.4, 0.5) is 20.3 Å². The Bertz CT molecular complexity index is 1550. The van der Waals surface area contributed by atoms with Gasteiger partial charge >= 0.3 is 0 Å². The van der Waals surface area contributed by atoms with Gasteiger partial charge in [0.05, 0.1) is 18.7 Å². The van der Waals surface area contributed by atoms with Crippen LogP contribution in [0.15, 0.2) is 66.7 Å². The van der Waals surface area contributed by atoms with Crippen LogP contribution in [0, 0.1) is 11.6 Å². The first-order valence-electron chi connectivity index (χ1n) is 10.8. The third-order valence-electron chi connectivity index (χ3n) is 5.87. The molecular weight excluding hydrogens is 450 g/mol. The van der Waals surface area contributed by atoms with Crippen LogP contribution in [0.5, 0.6) is 5.75 Å². The van der Waals surface area contributed by atoms with Gasteiger partial charge in [0.1, 0.15) is 17.5 Å². The number of rotatable bonds is 5. The van der Waals surface area contributed by atoms with Gasteiger partial charge in [-0.3, -0.25) is 4.68 Å². The minimum atomic E-state index is -0.868. The molecule has 7 nitrogen and oxygen atoms in total. The molecule has 2 aromatic heterocycles. The summed E-state index contributed by atoms with van der Waals surface area (Å²) in [7, 11) is 3.03. The van der Waals surface area contributed by atoms with Crippen molar-refractivity contribution in [1.82, 2.24) is 19.7 Å². The molecule has 0 saturated heterocycles. The van der Waals surface area contributed by atoms with Crippen LogP contribution in [0.2, 0.25) is 0 Å². The number of hydrogen-bond acceptors (Lipinski definition) is 6. The lowest BCUT2D eigenvalue weighted by Gasteiger charge is -2.19. The fourth-order valence-electron chi connectivity index (χ4n) is 4.18. The quantitative estimate of drug-likeness (QED) is 0.361. The van der Waals surface area contributed by atoms with Gasteiger partial charge in [0, 0.05) is 35.3 Å². The smallest absolute Gasteiger partial charge is 0.181 e. The number of fused-ring (bicyclic) bond motifs is 1. The number of nitrogens with zero attached hydrogens (tertiary/aromatic N) is 4. The van der Waals surface area contributed by atoms with Crippen LogP contribution in [-0.2, 0) is 7.05 Å². The first-order valence-corrected chi connectivity index (χ1v) is 10.8. The molecule has 0 radical (unpaired) electrons. The average Bonchev–Trinajstić information content (AvgIpc) is 3.22. The summed E-state index contributed by atoms with van der Waals surface area (Å²) in [4.78, 5) is 9.31.